The first-order valence-electron chi connectivity index (χ1n) is 6.13. The second-order valence-electron chi connectivity index (χ2n) is 4.22. The van der Waals surface area contributed by atoms with Crippen molar-refractivity contribution in [2.75, 3.05) is 5.73 Å². The van der Waals surface area contributed by atoms with Gasteiger partial charge in [-0.3, -0.25) is 4.98 Å². The highest BCUT2D eigenvalue weighted by atomic mass is 35.5. The largest absolute Gasteiger partial charge is 0.397 e. The van der Waals surface area contributed by atoms with Crippen molar-refractivity contribution in [3.05, 3.63) is 53.6 Å². The van der Waals surface area contributed by atoms with Crippen LogP contribution in [0, 0.1) is 0 Å². The van der Waals surface area contributed by atoms with E-state index in [1.165, 1.54) is 11.8 Å². The summed E-state index contributed by atoms with van der Waals surface area (Å²) in [5.74, 6) is 1.64. The minimum atomic E-state index is 0.543. The first kappa shape index (κ1) is 13.9. The number of anilines is 1. The molecule has 7 heteroatoms. The van der Waals surface area contributed by atoms with Crippen molar-refractivity contribution in [2.24, 2.45) is 0 Å². The van der Waals surface area contributed by atoms with E-state index in [1.54, 1.807) is 24.5 Å². The van der Waals surface area contributed by atoms with Crippen molar-refractivity contribution in [3.63, 3.8) is 0 Å². The quantitative estimate of drug-likeness (QED) is 0.740. The summed E-state index contributed by atoms with van der Waals surface area (Å²) in [7, 11) is 0. The molecule has 2 aromatic heterocycles. The van der Waals surface area contributed by atoms with E-state index in [1.807, 2.05) is 18.2 Å². The molecule has 0 unspecified atom stereocenters. The lowest BCUT2D eigenvalue weighted by atomic mass is 10.2. The van der Waals surface area contributed by atoms with E-state index >= 15 is 0 Å². The van der Waals surface area contributed by atoms with Crippen LogP contribution in [0.25, 0.3) is 11.4 Å². The molecule has 0 saturated heterocycles. The summed E-state index contributed by atoms with van der Waals surface area (Å²) in [5, 5.41) is 4.64. The van der Waals surface area contributed by atoms with Crippen molar-refractivity contribution in [2.45, 2.75) is 10.6 Å². The van der Waals surface area contributed by atoms with E-state index in [-0.39, 0.29) is 0 Å². The van der Waals surface area contributed by atoms with Gasteiger partial charge in [0, 0.05) is 21.7 Å². The Bertz CT molecular complexity index is 745. The highest BCUT2D eigenvalue weighted by molar-refractivity contribution is 7.98. The van der Waals surface area contributed by atoms with Crippen molar-refractivity contribution in [1.29, 1.82) is 0 Å². The first-order chi connectivity index (χ1) is 10.2. The molecule has 0 saturated carbocycles. The van der Waals surface area contributed by atoms with Gasteiger partial charge in [-0.25, -0.2) is 0 Å². The molecular formula is C14H11ClN4OS. The number of benzene rings is 1. The molecule has 1 aromatic carbocycles. The van der Waals surface area contributed by atoms with Gasteiger partial charge in [0.2, 0.25) is 11.7 Å². The van der Waals surface area contributed by atoms with E-state index in [0.29, 0.717) is 28.2 Å². The lowest BCUT2D eigenvalue weighted by Gasteiger charge is -2.01. The van der Waals surface area contributed by atoms with Gasteiger partial charge < -0.3 is 10.3 Å². The van der Waals surface area contributed by atoms with Gasteiger partial charge in [-0.1, -0.05) is 16.8 Å². The molecule has 3 rings (SSSR count). The summed E-state index contributed by atoms with van der Waals surface area (Å²) in [5.41, 5.74) is 7.34. The molecule has 0 bridgehead atoms. The molecule has 2 N–H and O–H groups in total. The molecule has 21 heavy (non-hydrogen) atoms. The standard InChI is InChI=1S/C14H11ClN4OS/c15-10-3-1-9(2-4-10)14-18-13(20-19-14)8-21-12-5-6-17-7-11(12)16/h1-7H,8,16H2. The fourth-order valence-electron chi connectivity index (χ4n) is 1.69. The van der Waals surface area contributed by atoms with Gasteiger partial charge in [-0.2, -0.15) is 4.98 Å². The van der Waals surface area contributed by atoms with Crippen LogP contribution in [-0.2, 0) is 5.75 Å². The third-order valence-electron chi connectivity index (χ3n) is 2.73. The molecule has 0 aliphatic heterocycles. The van der Waals surface area contributed by atoms with E-state index in [0.717, 1.165) is 10.5 Å². The van der Waals surface area contributed by atoms with Gasteiger partial charge >= 0.3 is 0 Å². The van der Waals surface area contributed by atoms with Crippen molar-refractivity contribution >= 4 is 29.1 Å². The molecule has 0 aliphatic rings. The minimum Gasteiger partial charge on any atom is -0.397 e. The average Bonchev–Trinajstić information content (AvgIpc) is 2.96. The van der Waals surface area contributed by atoms with E-state index in [4.69, 9.17) is 21.9 Å². The van der Waals surface area contributed by atoms with E-state index < -0.39 is 0 Å². The number of nitrogen functional groups attached to an aromatic ring is 1. The van der Waals surface area contributed by atoms with Gasteiger partial charge in [-0.15, -0.1) is 11.8 Å². The number of halogens is 1. The Morgan fingerprint density at radius 3 is 2.76 bits per heavy atom. The predicted molar refractivity (Wildman–Crippen MR) is 83.0 cm³/mol. The smallest absolute Gasteiger partial charge is 0.237 e. The molecule has 0 spiro atoms. The number of thioether (sulfide) groups is 1. The molecular weight excluding hydrogens is 308 g/mol. The highest BCUT2D eigenvalue weighted by Crippen LogP contribution is 2.27. The SMILES string of the molecule is Nc1cnccc1SCc1nc(-c2ccc(Cl)cc2)no1. The molecule has 2 heterocycles. The van der Waals surface area contributed by atoms with E-state index in [2.05, 4.69) is 15.1 Å². The number of nitrogens with two attached hydrogens (primary N) is 1. The van der Waals surface area contributed by atoms with Gasteiger partial charge in [0.05, 0.1) is 17.6 Å². The second-order valence-corrected chi connectivity index (χ2v) is 5.67. The van der Waals surface area contributed by atoms with Gasteiger partial charge in [0.15, 0.2) is 0 Å². The lowest BCUT2D eigenvalue weighted by molar-refractivity contribution is 0.391. The van der Waals surface area contributed by atoms with Crippen LogP contribution in [0.3, 0.4) is 0 Å². The molecule has 5 nitrogen and oxygen atoms in total. The van der Waals surface area contributed by atoms with Gasteiger partial charge in [0.1, 0.15) is 0 Å². The maximum Gasteiger partial charge on any atom is 0.237 e. The Kier molecular flexibility index (Phi) is 4.08. The zero-order chi connectivity index (χ0) is 14.7. The number of hydrogen-bond acceptors (Lipinski definition) is 6. The predicted octanol–water partition coefficient (Wildman–Crippen LogP) is 3.66. The maximum absolute atomic E-state index is 5.85. The number of nitrogens with zero attached hydrogens (tertiary/aromatic N) is 3. The van der Waals surface area contributed by atoms with Gasteiger partial charge in [0.25, 0.3) is 0 Å². The highest BCUT2D eigenvalue weighted by Gasteiger charge is 2.09. The summed E-state index contributed by atoms with van der Waals surface area (Å²) in [6, 6.07) is 9.14. The van der Waals surface area contributed by atoms with Crippen LogP contribution in [0.4, 0.5) is 5.69 Å². The van der Waals surface area contributed by atoms with Crippen LogP contribution in [0.15, 0.2) is 52.1 Å². The lowest BCUT2D eigenvalue weighted by Crippen LogP contribution is -1.90. The van der Waals surface area contributed by atoms with Gasteiger partial charge in [-0.05, 0) is 30.3 Å². The Labute approximate surface area is 130 Å². The van der Waals surface area contributed by atoms with Crippen molar-refractivity contribution in [1.82, 2.24) is 15.1 Å². The average molecular weight is 319 g/mol. The summed E-state index contributed by atoms with van der Waals surface area (Å²) in [4.78, 5) is 9.25. The molecule has 106 valence electrons. The zero-order valence-corrected chi connectivity index (χ0v) is 12.4. The van der Waals surface area contributed by atoms with Crippen LogP contribution < -0.4 is 5.73 Å². The Morgan fingerprint density at radius 1 is 1.19 bits per heavy atom. The molecule has 0 amide bonds. The molecule has 3 aromatic rings. The number of aromatic nitrogens is 3. The third kappa shape index (κ3) is 3.34. The van der Waals surface area contributed by atoms with Crippen molar-refractivity contribution in [3.8, 4) is 11.4 Å². The summed E-state index contributed by atoms with van der Waals surface area (Å²) in [6.45, 7) is 0. The maximum atomic E-state index is 5.85. The summed E-state index contributed by atoms with van der Waals surface area (Å²) in [6.07, 6.45) is 3.32. The topological polar surface area (TPSA) is 77.8 Å². The fraction of sp³-hybridized carbons (Fsp3) is 0.0714. The monoisotopic (exact) mass is 318 g/mol. The zero-order valence-electron chi connectivity index (χ0n) is 10.9. The molecule has 0 atom stereocenters. The first-order valence-corrected chi connectivity index (χ1v) is 7.49. The van der Waals surface area contributed by atoms with Crippen LogP contribution in [0.5, 0.6) is 0 Å². The Hall–Kier alpha value is -2.05. The third-order valence-corrected chi connectivity index (χ3v) is 4.06. The minimum absolute atomic E-state index is 0.543. The Morgan fingerprint density at radius 2 is 2.00 bits per heavy atom. The second kappa shape index (κ2) is 6.15. The van der Waals surface area contributed by atoms with E-state index in [9.17, 15) is 0 Å². The number of hydrogen-bond donors (Lipinski definition) is 1. The number of pyridine rings is 1. The summed E-state index contributed by atoms with van der Waals surface area (Å²) >= 11 is 7.38. The Balaban J connectivity index is 1.71. The molecule has 0 aliphatic carbocycles. The van der Waals surface area contributed by atoms with Crippen molar-refractivity contribution < 1.29 is 4.52 Å². The van der Waals surface area contributed by atoms with Crippen LogP contribution >= 0.6 is 23.4 Å². The van der Waals surface area contributed by atoms with Crippen LogP contribution in [0.1, 0.15) is 5.89 Å². The number of rotatable bonds is 4. The normalized spacial score (nSPS) is 10.7. The summed E-state index contributed by atoms with van der Waals surface area (Å²) < 4.78 is 5.24. The van der Waals surface area contributed by atoms with Crippen LogP contribution in [0.2, 0.25) is 5.02 Å². The molecule has 0 fully saturated rings. The molecule has 0 radical (unpaired) electrons. The fourth-order valence-corrected chi connectivity index (χ4v) is 2.59. The van der Waals surface area contributed by atoms with Crippen LogP contribution in [-0.4, -0.2) is 15.1 Å².